The van der Waals surface area contributed by atoms with Gasteiger partial charge in [0.25, 0.3) is 0 Å². The minimum atomic E-state index is -0.0874. The third-order valence-electron chi connectivity index (χ3n) is 5.26. The third-order valence-corrected chi connectivity index (χ3v) is 5.96. The summed E-state index contributed by atoms with van der Waals surface area (Å²) < 4.78 is 4.90. The monoisotopic (exact) mass is 522 g/mol. The van der Waals surface area contributed by atoms with Crippen LogP contribution in [0.3, 0.4) is 0 Å². The summed E-state index contributed by atoms with van der Waals surface area (Å²) in [6.07, 6.45) is 1.64. The van der Waals surface area contributed by atoms with E-state index in [1.807, 2.05) is 0 Å². The minimum absolute atomic E-state index is 0. The van der Waals surface area contributed by atoms with Crippen molar-refractivity contribution in [2.75, 3.05) is 46.4 Å². The van der Waals surface area contributed by atoms with Gasteiger partial charge in [0.05, 0.1) is 25.6 Å². The lowest BCUT2D eigenvalue weighted by atomic mass is 9.97. The summed E-state index contributed by atoms with van der Waals surface area (Å²) in [5.74, 6) is 0.882. The molecule has 0 spiro atoms. The highest BCUT2D eigenvalue weighted by Gasteiger charge is 2.27. The van der Waals surface area contributed by atoms with Crippen LogP contribution >= 0.6 is 35.3 Å². The average molecular weight is 522 g/mol. The number of hydrogen-bond acceptors (Lipinski definition) is 5. The Kier molecular flexibility index (Phi) is 12.0. The summed E-state index contributed by atoms with van der Waals surface area (Å²) in [7, 11) is 1.47. The van der Waals surface area contributed by atoms with Crippen molar-refractivity contribution < 1.29 is 9.53 Å². The van der Waals surface area contributed by atoms with Crippen molar-refractivity contribution in [1.29, 1.82) is 0 Å². The molecule has 28 heavy (non-hydrogen) atoms. The lowest BCUT2D eigenvalue weighted by molar-refractivity contribution is -0.146. The van der Waals surface area contributed by atoms with Crippen LogP contribution in [0.15, 0.2) is 21.8 Å². The maximum atomic E-state index is 11.8. The van der Waals surface area contributed by atoms with Crippen LogP contribution < -0.4 is 5.32 Å². The lowest BCUT2D eigenvalue weighted by Crippen LogP contribution is -2.47. The first-order valence-corrected chi connectivity index (χ1v) is 11.0. The number of nitrogens with one attached hydrogen (secondary N) is 1. The topological polar surface area (TPSA) is 57.2 Å². The van der Waals surface area contributed by atoms with Gasteiger partial charge in [0.1, 0.15) is 0 Å². The van der Waals surface area contributed by atoms with E-state index < -0.39 is 0 Å². The number of methoxy groups -OCH3 is 1. The number of thiophene rings is 1. The number of hydrogen-bond donors (Lipinski definition) is 1. The number of guanidine groups is 1. The maximum Gasteiger partial charge on any atom is 0.308 e. The Morgan fingerprint density at radius 2 is 2.04 bits per heavy atom. The second kappa shape index (κ2) is 13.4. The SMILES string of the molecule is CCNC(=NCC(c1ccsc1)N(CC)CC)N1CCC(C(=O)OC)CC1.I. The molecule has 0 radical (unpaired) electrons. The Hall–Kier alpha value is -0.870. The Morgan fingerprint density at radius 3 is 2.54 bits per heavy atom. The fourth-order valence-electron chi connectivity index (χ4n) is 3.65. The van der Waals surface area contributed by atoms with Crippen molar-refractivity contribution >= 4 is 47.2 Å². The molecule has 1 aromatic rings. The van der Waals surface area contributed by atoms with E-state index in [0.29, 0.717) is 6.04 Å². The molecule has 1 aliphatic rings. The van der Waals surface area contributed by atoms with Crippen LogP contribution in [0.2, 0.25) is 0 Å². The van der Waals surface area contributed by atoms with E-state index in [-0.39, 0.29) is 35.9 Å². The van der Waals surface area contributed by atoms with Gasteiger partial charge in [0.2, 0.25) is 0 Å². The maximum absolute atomic E-state index is 11.8. The third kappa shape index (κ3) is 6.88. The fourth-order valence-corrected chi connectivity index (χ4v) is 4.36. The van der Waals surface area contributed by atoms with Gasteiger partial charge < -0.3 is 15.0 Å². The van der Waals surface area contributed by atoms with Crippen LogP contribution in [-0.4, -0.2) is 68.1 Å². The summed E-state index contributed by atoms with van der Waals surface area (Å²) >= 11 is 1.74. The molecule has 1 aliphatic heterocycles. The second-order valence-corrected chi connectivity index (χ2v) is 7.55. The molecule has 0 aliphatic carbocycles. The first-order valence-electron chi connectivity index (χ1n) is 10.0. The molecule has 0 amide bonds. The lowest BCUT2D eigenvalue weighted by Gasteiger charge is -2.34. The molecule has 2 heterocycles. The molecule has 2 rings (SSSR count). The van der Waals surface area contributed by atoms with Crippen molar-refractivity contribution in [2.24, 2.45) is 10.9 Å². The van der Waals surface area contributed by atoms with Crippen molar-refractivity contribution in [3.63, 3.8) is 0 Å². The number of piperidine rings is 1. The summed E-state index contributed by atoms with van der Waals surface area (Å²) in [6, 6.07) is 2.50. The molecule has 8 heteroatoms. The fraction of sp³-hybridized carbons (Fsp3) is 0.700. The molecule has 1 aromatic heterocycles. The van der Waals surface area contributed by atoms with Crippen molar-refractivity contribution in [3.8, 4) is 0 Å². The molecule has 6 nitrogen and oxygen atoms in total. The van der Waals surface area contributed by atoms with Gasteiger partial charge >= 0.3 is 5.97 Å². The molecule has 1 fully saturated rings. The Morgan fingerprint density at radius 1 is 1.36 bits per heavy atom. The largest absolute Gasteiger partial charge is 0.469 e. The quantitative estimate of drug-likeness (QED) is 0.245. The average Bonchev–Trinajstić information content (AvgIpc) is 3.24. The van der Waals surface area contributed by atoms with Gasteiger partial charge in [-0.3, -0.25) is 14.7 Å². The second-order valence-electron chi connectivity index (χ2n) is 6.77. The number of ether oxygens (including phenoxy) is 1. The number of rotatable bonds is 8. The highest BCUT2D eigenvalue weighted by Crippen LogP contribution is 2.24. The predicted octanol–water partition coefficient (Wildman–Crippen LogP) is 3.60. The predicted molar refractivity (Wildman–Crippen MR) is 128 cm³/mol. The van der Waals surface area contributed by atoms with E-state index in [1.54, 1.807) is 11.3 Å². The molecule has 1 unspecified atom stereocenters. The van der Waals surface area contributed by atoms with Gasteiger partial charge in [-0.05, 0) is 55.2 Å². The van der Waals surface area contributed by atoms with E-state index in [4.69, 9.17) is 9.73 Å². The van der Waals surface area contributed by atoms with Gasteiger partial charge in [0, 0.05) is 19.6 Å². The van der Waals surface area contributed by atoms with E-state index in [0.717, 1.165) is 58.1 Å². The Labute approximate surface area is 190 Å². The smallest absolute Gasteiger partial charge is 0.308 e. The zero-order chi connectivity index (χ0) is 19.6. The van der Waals surface area contributed by atoms with E-state index >= 15 is 0 Å². The Bertz CT molecular complexity index is 585. The zero-order valence-corrected chi connectivity index (χ0v) is 20.7. The molecule has 0 bridgehead atoms. The van der Waals surface area contributed by atoms with E-state index in [1.165, 1.54) is 12.7 Å². The van der Waals surface area contributed by atoms with Crippen LogP contribution in [0, 0.1) is 5.92 Å². The van der Waals surface area contributed by atoms with Crippen LogP contribution in [0.25, 0.3) is 0 Å². The minimum Gasteiger partial charge on any atom is -0.469 e. The highest BCUT2D eigenvalue weighted by molar-refractivity contribution is 14.0. The molecule has 1 N–H and O–H groups in total. The van der Waals surface area contributed by atoms with Crippen LogP contribution in [-0.2, 0) is 9.53 Å². The zero-order valence-electron chi connectivity index (χ0n) is 17.5. The number of carbonyl (C=O) groups excluding carboxylic acids is 1. The van der Waals surface area contributed by atoms with Crippen LogP contribution in [0.5, 0.6) is 0 Å². The highest BCUT2D eigenvalue weighted by atomic mass is 127. The normalized spacial score (nSPS) is 16.6. The summed E-state index contributed by atoms with van der Waals surface area (Å²) in [6.45, 7) is 11.8. The van der Waals surface area contributed by atoms with E-state index in [2.05, 4.69) is 52.7 Å². The molecule has 0 saturated carbocycles. The first kappa shape index (κ1) is 25.2. The number of halogens is 1. The van der Waals surface area contributed by atoms with E-state index in [9.17, 15) is 4.79 Å². The molecular formula is C20H35IN4O2S. The number of carbonyl (C=O) groups is 1. The standard InChI is InChI=1S/C20H34N4O2S.HI/c1-5-21-20(24-11-8-16(9-12-24)19(25)26-4)22-14-18(23(6-2)7-3)17-10-13-27-15-17;/h10,13,15-16,18H,5-9,11-12,14H2,1-4H3,(H,21,22);1H. The summed E-state index contributed by atoms with van der Waals surface area (Å²) in [4.78, 5) is 21.5. The summed E-state index contributed by atoms with van der Waals surface area (Å²) in [5.41, 5.74) is 1.34. The molecule has 1 atom stereocenters. The van der Waals surface area contributed by atoms with Crippen molar-refractivity contribution in [1.82, 2.24) is 15.1 Å². The molecular weight excluding hydrogens is 487 g/mol. The van der Waals surface area contributed by atoms with Gasteiger partial charge in [-0.2, -0.15) is 11.3 Å². The van der Waals surface area contributed by atoms with Crippen LogP contribution in [0.1, 0.15) is 45.2 Å². The Balaban J connectivity index is 0.00000392. The van der Waals surface area contributed by atoms with Gasteiger partial charge in [0.15, 0.2) is 5.96 Å². The van der Waals surface area contributed by atoms with Crippen molar-refractivity contribution in [3.05, 3.63) is 22.4 Å². The van der Waals surface area contributed by atoms with Gasteiger partial charge in [-0.25, -0.2) is 0 Å². The number of aliphatic imine (C=N–C) groups is 1. The molecule has 1 saturated heterocycles. The molecule has 0 aromatic carbocycles. The number of nitrogens with zero attached hydrogens (tertiary/aromatic N) is 3. The number of likely N-dealkylation sites (N-methyl/N-ethyl adjacent to an activating group) is 1. The molecule has 160 valence electrons. The van der Waals surface area contributed by atoms with Gasteiger partial charge in [-0.15, -0.1) is 24.0 Å². The number of likely N-dealkylation sites (tertiary alicyclic amines) is 1. The van der Waals surface area contributed by atoms with Crippen LogP contribution in [0.4, 0.5) is 0 Å². The summed E-state index contributed by atoms with van der Waals surface area (Å²) in [5, 5.41) is 7.80. The number of esters is 1. The van der Waals surface area contributed by atoms with Crippen molar-refractivity contribution in [2.45, 2.75) is 39.7 Å². The van der Waals surface area contributed by atoms with Gasteiger partial charge in [-0.1, -0.05) is 13.8 Å². The first-order chi connectivity index (χ1) is 13.1.